The summed E-state index contributed by atoms with van der Waals surface area (Å²) < 4.78 is 25.5. The first-order chi connectivity index (χ1) is 6.87. The maximum Gasteiger partial charge on any atom is 0.215 e. The highest BCUT2D eigenvalue weighted by Crippen LogP contribution is 2.20. The van der Waals surface area contributed by atoms with Gasteiger partial charge in [0.25, 0.3) is 0 Å². The van der Waals surface area contributed by atoms with Gasteiger partial charge < -0.3 is 5.32 Å². The molecule has 1 rings (SSSR count). The minimum atomic E-state index is -3.05. The highest BCUT2D eigenvalue weighted by molar-refractivity contribution is 7.89. The van der Waals surface area contributed by atoms with Gasteiger partial charge in [-0.05, 0) is 11.8 Å². The maximum atomic E-state index is 11.9. The van der Waals surface area contributed by atoms with Gasteiger partial charge in [-0.25, -0.2) is 12.7 Å². The van der Waals surface area contributed by atoms with Gasteiger partial charge in [-0.15, -0.1) is 0 Å². The molecule has 1 saturated heterocycles. The van der Waals surface area contributed by atoms with Crippen LogP contribution in [-0.4, -0.2) is 44.7 Å². The summed E-state index contributed by atoms with van der Waals surface area (Å²) in [6.07, 6.45) is 0.878. The molecule has 1 N–H and O–H groups in total. The molecule has 0 bridgehead atoms. The van der Waals surface area contributed by atoms with E-state index in [0.29, 0.717) is 19.6 Å². The lowest BCUT2D eigenvalue weighted by atomic mass is 9.93. The molecule has 0 aromatic heterocycles. The minimum absolute atomic E-state index is 0.0165. The van der Waals surface area contributed by atoms with Crippen LogP contribution >= 0.6 is 0 Å². The van der Waals surface area contributed by atoms with E-state index in [1.165, 1.54) is 0 Å². The number of nitrogens with zero attached hydrogens (tertiary/aromatic N) is 1. The molecule has 1 heterocycles. The lowest BCUT2D eigenvalue weighted by molar-refractivity contribution is 0.244. The monoisotopic (exact) mass is 234 g/mol. The maximum absolute atomic E-state index is 11.9. The molecule has 0 atom stereocenters. The average Bonchev–Trinajstić information content (AvgIpc) is 2.10. The van der Waals surface area contributed by atoms with Crippen LogP contribution in [0.25, 0.3) is 0 Å². The van der Waals surface area contributed by atoms with Gasteiger partial charge in [0, 0.05) is 26.2 Å². The Morgan fingerprint density at radius 2 is 2.07 bits per heavy atom. The summed E-state index contributed by atoms with van der Waals surface area (Å²) in [7, 11) is -3.05. The summed E-state index contributed by atoms with van der Waals surface area (Å²) in [5.41, 5.74) is 0.0165. The molecule has 0 aliphatic carbocycles. The highest BCUT2D eigenvalue weighted by atomic mass is 32.2. The van der Waals surface area contributed by atoms with Crippen LogP contribution in [0.15, 0.2) is 0 Å². The topological polar surface area (TPSA) is 49.4 Å². The fourth-order valence-corrected chi connectivity index (χ4v) is 3.52. The molecule has 0 radical (unpaired) electrons. The van der Waals surface area contributed by atoms with E-state index < -0.39 is 10.0 Å². The minimum Gasteiger partial charge on any atom is -0.315 e. The normalized spacial score (nSPS) is 26.9. The Morgan fingerprint density at radius 3 is 2.67 bits per heavy atom. The SMILES string of the molecule is CCCN1CC(C)(C)CNCCS1(=O)=O. The van der Waals surface area contributed by atoms with Gasteiger partial charge in [-0.2, -0.15) is 0 Å². The molecular weight excluding hydrogens is 212 g/mol. The molecule has 0 aromatic carbocycles. The molecule has 0 amide bonds. The Kier molecular flexibility index (Phi) is 4.14. The first kappa shape index (κ1) is 12.9. The lowest BCUT2D eigenvalue weighted by Gasteiger charge is -2.34. The van der Waals surface area contributed by atoms with Crippen molar-refractivity contribution in [1.29, 1.82) is 0 Å². The van der Waals surface area contributed by atoms with Gasteiger partial charge in [0.2, 0.25) is 10.0 Å². The zero-order chi connectivity index (χ0) is 11.5. The van der Waals surface area contributed by atoms with E-state index in [9.17, 15) is 8.42 Å². The third-order valence-electron chi connectivity index (χ3n) is 2.61. The average molecular weight is 234 g/mol. The Hall–Kier alpha value is -0.130. The Labute approximate surface area is 93.1 Å². The van der Waals surface area contributed by atoms with Crippen molar-refractivity contribution in [3.63, 3.8) is 0 Å². The van der Waals surface area contributed by atoms with Crippen LogP contribution in [0.5, 0.6) is 0 Å². The fourth-order valence-electron chi connectivity index (χ4n) is 1.86. The third kappa shape index (κ3) is 3.74. The molecule has 0 spiro atoms. The van der Waals surface area contributed by atoms with Crippen molar-refractivity contribution in [1.82, 2.24) is 9.62 Å². The third-order valence-corrected chi connectivity index (χ3v) is 4.43. The van der Waals surface area contributed by atoms with Gasteiger partial charge in [0.05, 0.1) is 5.75 Å². The van der Waals surface area contributed by atoms with Crippen LogP contribution in [0.4, 0.5) is 0 Å². The number of hydrogen-bond acceptors (Lipinski definition) is 3. The molecule has 1 fully saturated rings. The summed E-state index contributed by atoms with van der Waals surface area (Å²) >= 11 is 0. The van der Waals surface area contributed by atoms with E-state index >= 15 is 0 Å². The first-order valence-corrected chi connectivity index (χ1v) is 7.17. The molecule has 90 valence electrons. The molecule has 15 heavy (non-hydrogen) atoms. The summed E-state index contributed by atoms with van der Waals surface area (Å²) in [5.74, 6) is 0.225. The van der Waals surface area contributed by atoms with E-state index in [2.05, 4.69) is 19.2 Å². The Morgan fingerprint density at radius 1 is 1.40 bits per heavy atom. The van der Waals surface area contributed by atoms with Crippen LogP contribution in [0.3, 0.4) is 0 Å². The van der Waals surface area contributed by atoms with Crippen molar-refractivity contribution in [3.8, 4) is 0 Å². The van der Waals surface area contributed by atoms with Crippen LogP contribution in [-0.2, 0) is 10.0 Å². The Balaban J connectivity index is 2.83. The summed E-state index contributed by atoms with van der Waals surface area (Å²) in [6, 6.07) is 0. The summed E-state index contributed by atoms with van der Waals surface area (Å²) in [6.45, 7) is 8.92. The smallest absolute Gasteiger partial charge is 0.215 e. The first-order valence-electron chi connectivity index (χ1n) is 5.56. The summed E-state index contributed by atoms with van der Waals surface area (Å²) in [4.78, 5) is 0. The van der Waals surface area contributed by atoms with E-state index in [4.69, 9.17) is 0 Å². The zero-order valence-electron chi connectivity index (χ0n) is 9.91. The quantitative estimate of drug-likeness (QED) is 0.763. The van der Waals surface area contributed by atoms with Gasteiger partial charge in [0.15, 0.2) is 0 Å². The van der Waals surface area contributed by atoms with Crippen molar-refractivity contribution < 1.29 is 8.42 Å². The molecule has 0 saturated carbocycles. The van der Waals surface area contributed by atoms with E-state index in [0.717, 1.165) is 13.0 Å². The lowest BCUT2D eigenvalue weighted by Crippen LogP contribution is -2.48. The number of sulfonamides is 1. The van der Waals surface area contributed by atoms with Crippen molar-refractivity contribution in [2.24, 2.45) is 5.41 Å². The van der Waals surface area contributed by atoms with E-state index in [1.54, 1.807) is 4.31 Å². The number of nitrogens with one attached hydrogen (secondary N) is 1. The van der Waals surface area contributed by atoms with Crippen LogP contribution in [0.1, 0.15) is 27.2 Å². The molecule has 4 nitrogen and oxygen atoms in total. The Bertz CT molecular complexity index is 299. The second kappa shape index (κ2) is 4.80. The van der Waals surface area contributed by atoms with Gasteiger partial charge >= 0.3 is 0 Å². The van der Waals surface area contributed by atoms with E-state index in [1.807, 2.05) is 6.92 Å². The molecule has 1 aliphatic heterocycles. The van der Waals surface area contributed by atoms with Gasteiger partial charge in [-0.1, -0.05) is 20.8 Å². The predicted molar refractivity (Wildman–Crippen MR) is 62.3 cm³/mol. The zero-order valence-corrected chi connectivity index (χ0v) is 10.7. The van der Waals surface area contributed by atoms with Crippen molar-refractivity contribution in [2.45, 2.75) is 27.2 Å². The number of rotatable bonds is 2. The van der Waals surface area contributed by atoms with Gasteiger partial charge in [-0.3, -0.25) is 0 Å². The number of hydrogen-bond donors (Lipinski definition) is 1. The van der Waals surface area contributed by atoms with Crippen molar-refractivity contribution >= 4 is 10.0 Å². The molecule has 1 aliphatic rings. The van der Waals surface area contributed by atoms with Crippen molar-refractivity contribution in [2.75, 3.05) is 31.9 Å². The van der Waals surface area contributed by atoms with Crippen LogP contribution in [0, 0.1) is 5.41 Å². The van der Waals surface area contributed by atoms with Crippen LogP contribution < -0.4 is 5.32 Å². The molecule has 0 unspecified atom stereocenters. The highest BCUT2D eigenvalue weighted by Gasteiger charge is 2.30. The van der Waals surface area contributed by atoms with Gasteiger partial charge in [0.1, 0.15) is 0 Å². The largest absolute Gasteiger partial charge is 0.315 e. The second-order valence-electron chi connectivity index (χ2n) is 4.99. The molecule has 5 heteroatoms. The second-order valence-corrected chi connectivity index (χ2v) is 7.08. The standard InChI is InChI=1S/C10H22N2O2S/c1-4-6-12-9-10(2,3)8-11-5-7-15(12,13)14/h11H,4-9H2,1-3H3. The fraction of sp³-hybridized carbons (Fsp3) is 1.00. The van der Waals surface area contributed by atoms with E-state index in [-0.39, 0.29) is 11.2 Å². The summed E-state index contributed by atoms with van der Waals surface area (Å²) in [5, 5.41) is 3.19. The van der Waals surface area contributed by atoms with Crippen LogP contribution in [0.2, 0.25) is 0 Å². The molecular formula is C10H22N2O2S. The van der Waals surface area contributed by atoms with Crippen molar-refractivity contribution in [3.05, 3.63) is 0 Å². The predicted octanol–water partition coefficient (Wildman–Crippen LogP) is 0.658. The molecule has 0 aromatic rings.